The molecule has 0 aromatic carbocycles. The largest absolute Gasteiger partial charge is 0.377 e. The average Bonchev–Trinajstić information content (AvgIpc) is 3.42. The molecule has 37 heavy (non-hydrogen) atoms. The Morgan fingerprint density at radius 1 is 0.703 bits per heavy atom. The van der Waals surface area contributed by atoms with Crippen LogP contribution in [0.5, 0.6) is 0 Å². The predicted molar refractivity (Wildman–Crippen MR) is 398 cm³/mol. The summed E-state index contributed by atoms with van der Waals surface area (Å²) in [5.74, 6) is 0. The van der Waals surface area contributed by atoms with Crippen molar-refractivity contribution in [1.29, 1.82) is 0 Å². The third-order valence-corrected chi connectivity index (χ3v) is 1900. The van der Waals surface area contributed by atoms with Crippen molar-refractivity contribution in [3.05, 3.63) is 11.9 Å². The third kappa shape index (κ3) is 20.7. The minimum Gasteiger partial charge on any atom is -0.377 e. The van der Waals surface area contributed by atoms with Crippen LogP contribution in [0.25, 0.3) is 0 Å². The van der Waals surface area contributed by atoms with E-state index in [0.717, 1.165) is 5.69 Å². The Balaban J connectivity index is 0.000000556. The summed E-state index contributed by atoms with van der Waals surface area (Å²) in [6.45, 7) is 1.08. The first kappa shape index (κ1) is 53.8. The molecule has 0 atom stereocenters. The first-order chi connectivity index (χ1) is 17.1. The Bertz CT molecular complexity index is 751. The number of halogens is 27. The van der Waals surface area contributed by atoms with Gasteiger partial charge in [0.15, 0.2) is 0 Å². The molecule has 2 heterocycles. The number of H-pyrrole nitrogens is 1. The molecule has 1 aliphatic heterocycles. The number of nitrogens with zero attached hydrogens (tertiary/aromatic N) is 2. The molecule has 1 aromatic heterocycles. The van der Waals surface area contributed by atoms with Crippen molar-refractivity contribution in [1.82, 2.24) is 15.4 Å². The molecule has 0 saturated carbocycles. The number of hydrogen-bond donors (Lipinski definition) is 2. The molecular weight excluding hydrogens is 3560 g/mol. The Hall–Kier alpha value is 18.8. The molecule has 0 amide bonds. The van der Waals surface area contributed by atoms with Crippen LogP contribution in [0, 0.1) is 0 Å². The number of hydrogen-bond acceptors (Lipinski definition) is 4. The summed E-state index contributed by atoms with van der Waals surface area (Å²) in [5.41, 5.74) is 6.22. The number of aromatic amines is 1. The van der Waals surface area contributed by atoms with Gasteiger partial charge in [0.2, 0.25) is 0 Å². The van der Waals surface area contributed by atoms with Crippen LogP contribution in [0.1, 0.15) is 5.69 Å². The summed E-state index contributed by atoms with van der Waals surface area (Å²) in [5, 5.41) is 10.0. The van der Waals surface area contributed by atoms with Crippen molar-refractivity contribution < 1.29 is 18.0 Å². The molecule has 2 rings (SSSR count). The fraction of sp³-hybridized carbons (Fsp3) is 0.600. The van der Waals surface area contributed by atoms with E-state index in [0.29, 0.717) is 26.5 Å². The number of aromatic nitrogens is 3. The van der Waals surface area contributed by atoms with E-state index in [-0.39, 0.29) is 21.3 Å². The summed E-state index contributed by atoms with van der Waals surface area (Å²) >= 11 is 44.4. The minimum atomic E-state index is -0.463. The van der Waals surface area contributed by atoms with E-state index >= 15 is 0 Å². The fourth-order valence-corrected chi connectivity index (χ4v) is 4400. The topological polar surface area (TPSA) is 76.8 Å². The van der Waals surface area contributed by atoms with Crippen LogP contribution in [-0.2, 0) is 10.3 Å². The molecular formula is C5H8I27N4O-. The first-order valence-electron chi connectivity index (χ1n) is 6.76. The maximum atomic E-state index is 5.82. The second kappa shape index (κ2) is 30.7. The van der Waals surface area contributed by atoms with Gasteiger partial charge in [0.1, 0.15) is 11.2 Å². The standard InChI is InChI=1S/C5H8N4O.I27/c6-5(2-10-3-5)4-1-7-9-8-4;1-15-17(4)19(6)21(8)23(10)25(12)27(14)26(13)24(11)22(9)20(7)18(5)16(2)3/h1H,2-3,6H2,(H,7,8,9);/q;-1. The molecule has 1 fully saturated rings. The van der Waals surface area contributed by atoms with Gasteiger partial charge in [-0.2, -0.15) is 15.4 Å². The zero-order valence-electron chi connectivity index (χ0n) is 15.6. The van der Waals surface area contributed by atoms with Gasteiger partial charge in [-0.1, -0.05) is 0 Å². The second-order valence-electron chi connectivity index (χ2n) is 4.50. The quantitative estimate of drug-likeness (QED) is 0.193. The van der Waals surface area contributed by atoms with E-state index in [1.807, 2.05) is 0 Å². The fourth-order valence-electron chi connectivity index (χ4n) is 1.24. The number of ether oxygens (including phenoxy) is 1. The Morgan fingerprint density at radius 3 is 1.35 bits per heavy atom. The summed E-state index contributed by atoms with van der Waals surface area (Å²) < 4.78 is 4.96. The van der Waals surface area contributed by atoms with Gasteiger partial charge in [-0.05, 0) is 0 Å². The molecule has 0 radical (unpaired) electrons. The predicted octanol–water partition coefficient (Wildman–Crippen LogP) is 19.0. The van der Waals surface area contributed by atoms with Crippen LogP contribution in [0.3, 0.4) is 0 Å². The molecule has 244 valence electrons. The molecule has 0 spiro atoms. The van der Waals surface area contributed by atoms with E-state index in [9.17, 15) is 0 Å². The Morgan fingerprint density at radius 2 is 1.08 bits per heavy atom. The van der Waals surface area contributed by atoms with Crippen molar-refractivity contribution in [3.63, 3.8) is 0 Å². The van der Waals surface area contributed by atoms with Crippen LogP contribution in [0.2, 0.25) is 0 Å². The molecule has 3 N–H and O–H groups in total. The third-order valence-electron chi connectivity index (χ3n) is 2.58. The molecule has 0 aliphatic carbocycles. The Labute approximate surface area is 404 Å². The van der Waals surface area contributed by atoms with Gasteiger partial charge in [0, 0.05) is 0 Å². The maximum absolute atomic E-state index is 5.82. The van der Waals surface area contributed by atoms with E-state index in [1.165, 1.54) is 0 Å². The summed E-state index contributed by atoms with van der Waals surface area (Å²) in [4.78, 5) is 0. The van der Waals surface area contributed by atoms with E-state index in [2.05, 4.69) is 276 Å². The average molecular weight is 3570 g/mol. The van der Waals surface area contributed by atoms with Gasteiger partial charge in [-0.25, -0.2) is 0 Å². The molecule has 32 heteroatoms. The SMILES string of the molecule is I[I-]I(I)I(I)I(I)I(I)I(I)I(I)I(I)I(I)I(I)I(I)I(I)I(I)I.NC1(c2cn[nH]n2)COC1. The smallest absolute Gasteiger partial charge is 0.109 e. The van der Waals surface area contributed by atoms with Crippen molar-refractivity contribution in [2.75, 3.05) is 13.2 Å². The van der Waals surface area contributed by atoms with Crippen molar-refractivity contribution in [2.45, 2.75) is 5.54 Å². The van der Waals surface area contributed by atoms with Crippen molar-refractivity contribution in [3.8, 4) is 0 Å². The van der Waals surface area contributed by atoms with Crippen LogP contribution < -0.4 is 19.0 Å². The monoisotopic (exact) mass is 3570 g/mol. The van der Waals surface area contributed by atoms with Crippen molar-refractivity contribution >= 4 is 355 Å². The number of nitrogens with one attached hydrogen (secondary N) is 1. The van der Waals surface area contributed by atoms with Crippen molar-refractivity contribution in [2.24, 2.45) is 5.73 Å². The molecule has 1 aromatic rings. The second-order valence-corrected chi connectivity index (χ2v) is 606. The number of nitrogens with two attached hydrogens (primary N) is 1. The van der Waals surface area contributed by atoms with Gasteiger partial charge >= 0.3 is 369 Å². The molecule has 0 bridgehead atoms. The van der Waals surface area contributed by atoms with Gasteiger partial charge in [0.05, 0.1) is 19.4 Å². The summed E-state index contributed by atoms with van der Waals surface area (Å²) in [6.07, 6.45) is 1.63. The van der Waals surface area contributed by atoms with E-state index < -0.39 is 78.9 Å². The van der Waals surface area contributed by atoms with Gasteiger partial charge < -0.3 is 10.5 Å². The van der Waals surface area contributed by atoms with Crippen LogP contribution >= 0.6 is 355 Å². The van der Waals surface area contributed by atoms with Gasteiger partial charge in [0.25, 0.3) is 0 Å². The zero-order chi connectivity index (χ0) is 28.7. The van der Waals surface area contributed by atoms with Crippen LogP contribution in [-0.4, -0.2) is 28.6 Å². The van der Waals surface area contributed by atoms with Crippen LogP contribution in [0.15, 0.2) is 6.20 Å². The first-order valence-corrected chi connectivity index (χ1v) is 170. The maximum Gasteiger partial charge on any atom is 0.109 e. The van der Waals surface area contributed by atoms with Crippen LogP contribution in [0.4, 0.5) is 0 Å². The van der Waals surface area contributed by atoms with Gasteiger partial charge in [-0.15, -0.1) is 0 Å². The molecule has 1 saturated heterocycles. The Kier molecular flexibility index (Phi) is 44.7. The van der Waals surface area contributed by atoms with E-state index in [4.69, 9.17) is 10.5 Å². The summed E-state index contributed by atoms with van der Waals surface area (Å²) in [7, 11) is -5.18. The summed E-state index contributed by atoms with van der Waals surface area (Å²) in [6, 6.07) is 0. The van der Waals surface area contributed by atoms with Gasteiger partial charge in [-0.3, -0.25) is 0 Å². The normalized spacial score (nSPS) is 19.2. The molecule has 5 nitrogen and oxygen atoms in total. The minimum absolute atomic E-state index is 0.354. The number of rotatable bonds is 13. The molecule has 0 unspecified atom stereocenters. The zero-order valence-corrected chi connectivity index (χ0v) is 73.8. The molecule has 1 aliphatic rings. The van der Waals surface area contributed by atoms with E-state index in [1.54, 1.807) is 6.20 Å².